The smallest absolute Gasteiger partial charge is 0.382 e. The number of nitrogens with zero attached hydrogens (tertiary/aromatic N) is 2. The molecule has 0 radical (unpaired) electrons. The van der Waals surface area contributed by atoms with Crippen molar-refractivity contribution in [2.24, 2.45) is 0 Å². The van der Waals surface area contributed by atoms with Crippen molar-refractivity contribution >= 4 is 38.5 Å². The molecule has 1 saturated carbocycles. The average molecular weight is 459 g/mol. The van der Waals surface area contributed by atoms with Crippen LogP contribution in [0.4, 0.5) is 18.9 Å². The predicted molar refractivity (Wildman–Crippen MR) is 119 cm³/mol. The number of alkyl halides is 3. The van der Waals surface area contributed by atoms with E-state index in [0.29, 0.717) is 15.8 Å². The highest BCUT2D eigenvalue weighted by Gasteiger charge is 2.33. The van der Waals surface area contributed by atoms with Gasteiger partial charge in [-0.1, -0.05) is 12.1 Å². The second-order valence-corrected chi connectivity index (χ2v) is 9.18. The molecule has 3 heterocycles. The van der Waals surface area contributed by atoms with E-state index in [1.807, 2.05) is 24.3 Å². The first kappa shape index (κ1) is 20.8. The normalized spacial score (nSPS) is 19.3. The number of fused-ring (bicyclic) bond motifs is 2. The first-order valence-electron chi connectivity index (χ1n) is 10.5. The van der Waals surface area contributed by atoms with Crippen molar-refractivity contribution in [2.75, 3.05) is 5.32 Å². The number of pyridine rings is 1. The van der Waals surface area contributed by atoms with Gasteiger partial charge in [-0.2, -0.15) is 18.3 Å². The van der Waals surface area contributed by atoms with Gasteiger partial charge in [0, 0.05) is 34.1 Å². The quantitative estimate of drug-likeness (QED) is 0.411. The van der Waals surface area contributed by atoms with E-state index >= 15 is 0 Å². The summed E-state index contributed by atoms with van der Waals surface area (Å²) in [4.78, 5) is 12.0. The lowest BCUT2D eigenvalue weighted by atomic mass is 9.90. The van der Waals surface area contributed by atoms with Crippen molar-refractivity contribution in [3.05, 3.63) is 65.3 Å². The van der Waals surface area contributed by atoms with Crippen LogP contribution in [-0.2, 0) is 6.18 Å². The van der Waals surface area contributed by atoms with Crippen LogP contribution in [0.1, 0.15) is 41.0 Å². The van der Waals surface area contributed by atoms with E-state index in [4.69, 9.17) is 0 Å². The lowest BCUT2D eigenvalue weighted by molar-refractivity contribution is -0.134. The SMILES string of the molecule is O=C(N[C@H]1CC[C@@H](Nc2cccc3sc(C(F)(F)F)cc23)CC1)c1cc2ccccn2n1. The van der Waals surface area contributed by atoms with Gasteiger partial charge in [-0.3, -0.25) is 4.79 Å². The van der Waals surface area contributed by atoms with E-state index in [9.17, 15) is 18.0 Å². The number of hydrogen-bond acceptors (Lipinski definition) is 4. The summed E-state index contributed by atoms with van der Waals surface area (Å²) in [6.45, 7) is 0. The molecule has 3 aromatic heterocycles. The lowest BCUT2D eigenvalue weighted by Gasteiger charge is -2.30. The maximum absolute atomic E-state index is 13.1. The van der Waals surface area contributed by atoms with Crippen molar-refractivity contribution in [1.29, 1.82) is 0 Å². The van der Waals surface area contributed by atoms with E-state index < -0.39 is 11.1 Å². The van der Waals surface area contributed by atoms with Crippen LogP contribution in [0.15, 0.2) is 54.7 Å². The second-order valence-electron chi connectivity index (χ2n) is 8.09. The standard InChI is InChI=1S/C23H21F3N4OS/c24-23(25,26)21-13-17-18(5-3-6-20(17)32-21)27-14-7-9-15(10-8-14)28-22(31)19-12-16-4-1-2-11-30(16)29-19/h1-6,11-15,27H,7-10H2,(H,28,31)/t14-,15+. The summed E-state index contributed by atoms with van der Waals surface area (Å²) >= 11 is 0.767. The third-order valence-electron chi connectivity index (χ3n) is 5.87. The Morgan fingerprint density at radius 1 is 1.03 bits per heavy atom. The van der Waals surface area contributed by atoms with Gasteiger partial charge in [0.2, 0.25) is 0 Å². The number of nitrogens with one attached hydrogen (secondary N) is 2. The van der Waals surface area contributed by atoms with Gasteiger partial charge >= 0.3 is 6.18 Å². The van der Waals surface area contributed by atoms with Crippen LogP contribution >= 0.6 is 11.3 Å². The van der Waals surface area contributed by atoms with Gasteiger partial charge < -0.3 is 10.6 Å². The van der Waals surface area contributed by atoms with Gasteiger partial charge in [0.15, 0.2) is 5.69 Å². The first-order chi connectivity index (χ1) is 15.4. The maximum Gasteiger partial charge on any atom is 0.425 e. The van der Waals surface area contributed by atoms with Gasteiger partial charge in [-0.05, 0) is 62.1 Å². The predicted octanol–water partition coefficient (Wildman–Crippen LogP) is 5.72. The molecule has 0 spiro atoms. The van der Waals surface area contributed by atoms with Crippen molar-refractivity contribution in [3.63, 3.8) is 0 Å². The number of hydrogen-bond donors (Lipinski definition) is 2. The van der Waals surface area contributed by atoms with Gasteiger partial charge in [0.05, 0.1) is 5.52 Å². The highest BCUT2D eigenvalue weighted by molar-refractivity contribution is 7.19. The molecule has 1 aromatic carbocycles. The molecule has 5 rings (SSSR count). The molecule has 0 unspecified atom stereocenters. The van der Waals surface area contributed by atoms with Crippen LogP contribution in [0, 0.1) is 0 Å². The molecule has 1 aliphatic carbocycles. The van der Waals surface area contributed by atoms with Gasteiger partial charge in [0.25, 0.3) is 5.91 Å². The number of thiophene rings is 1. The number of halogens is 3. The molecule has 9 heteroatoms. The third kappa shape index (κ3) is 4.17. The summed E-state index contributed by atoms with van der Waals surface area (Å²) in [5.41, 5.74) is 1.98. The molecule has 0 aliphatic heterocycles. The average Bonchev–Trinajstić information content (AvgIpc) is 3.40. The fourth-order valence-electron chi connectivity index (χ4n) is 4.24. The van der Waals surface area contributed by atoms with E-state index in [2.05, 4.69) is 15.7 Å². The Morgan fingerprint density at radius 2 is 1.81 bits per heavy atom. The molecule has 1 fully saturated rings. The van der Waals surface area contributed by atoms with Crippen LogP contribution < -0.4 is 10.6 Å². The second kappa shape index (κ2) is 8.12. The largest absolute Gasteiger partial charge is 0.425 e. The monoisotopic (exact) mass is 458 g/mol. The Bertz CT molecular complexity index is 1240. The minimum absolute atomic E-state index is 0.0548. The molecule has 32 heavy (non-hydrogen) atoms. The molecule has 2 N–H and O–H groups in total. The van der Waals surface area contributed by atoms with E-state index in [0.717, 1.165) is 48.2 Å². The van der Waals surface area contributed by atoms with Crippen LogP contribution in [0.25, 0.3) is 15.6 Å². The summed E-state index contributed by atoms with van der Waals surface area (Å²) < 4.78 is 41.6. The van der Waals surface area contributed by atoms with E-state index in [1.165, 1.54) is 6.07 Å². The zero-order valence-electron chi connectivity index (χ0n) is 17.0. The number of carbonyl (C=O) groups is 1. The van der Waals surface area contributed by atoms with Crippen molar-refractivity contribution in [2.45, 2.75) is 43.9 Å². The van der Waals surface area contributed by atoms with Crippen molar-refractivity contribution < 1.29 is 18.0 Å². The summed E-state index contributed by atoms with van der Waals surface area (Å²) in [6, 6.07) is 14.2. The van der Waals surface area contributed by atoms with Crippen LogP contribution in [0.5, 0.6) is 0 Å². The zero-order chi connectivity index (χ0) is 22.3. The number of carbonyl (C=O) groups excluding carboxylic acids is 1. The summed E-state index contributed by atoms with van der Waals surface area (Å²) in [5.74, 6) is -0.187. The van der Waals surface area contributed by atoms with Gasteiger partial charge in [-0.25, -0.2) is 4.52 Å². The highest BCUT2D eigenvalue weighted by atomic mass is 32.1. The third-order valence-corrected chi connectivity index (χ3v) is 7.01. The molecule has 1 amide bonds. The molecule has 0 saturated heterocycles. The maximum atomic E-state index is 13.1. The molecular weight excluding hydrogens is 437 g/mol. The first-order valence-corrected chi connectivity index (χ1v) is 11.3. The topological polar surface area (TPSA) is 58.4 Å². The van der Waals surface area contributed by atoms with E-state index in [1.54, 1.807) is 28.9 Å². The molecule has 166 valence electrons. The fourth-order valence-corrected chi connectivity index (χ4v) is 5.19. The van der Waals surface area contributed by atoms with Gasteiger partial charge in [-0.15, -0.1) is 11.3 Å². The minimum Gasteiger partial charge on any atom is -0.382 e. The van der Waals surface area contributed by atoms with E-state index in [-0.39, 0.29) is 18.0 Å². The summed E-state index contributed by atoms with van der Waals surface area (Å²) in [5, 5.41) is 11.4. The van der Waals surface area contributed by atoms with Crippen molar-refractivity contribution in [3.8, 4) is 0 Å². The molecule has 0 bridgehead atoms. The fraction of sp³-hybridized carbons (Fsp3) is 0.304. The Morgan fingerprint density at radius 3 is 2.56 bits per heavy atom. The minimum atomic E-state index is -4.34. The van der Waals surface area contributed by atoms with Crippen molar-refractivity contribution in [1.82, 2.24) is 14.9 Å². The van der Waals surface area contributed by atoms with Gasteiger partial charge in [0.1, 0.15) is 4.88 Å². The highest BCUT2D eigenvalue weighted by Crippen LogP contribution is 2.40. The van der Waals surface area contributed by atoms with Crippen LogP contribution in [0.3, 0.4) is 0 Å². The Labute approximate surface area is 186 Å². The number of rotatable bonds is 4. The molecule has 0 atom stereocenters. The number of benzene rings is 1. The Kier molecular flexibility index (Phi) is 5.28. The lowest BCUT2D eigenvalue weighted by Crippen LogP contribution is -2.40. The summed E-state index contributed by atoms with van der Waals surface area (Å²) in [6.07, 6.45) is 0.701. The molecule has 1 aliphatic rings. The number of anilines is 1. The molecular formula is C23H21F3N4OS. The number of aromatic nitrogens is 2. The number of amides is 1. The van der Waals surface area contributed by atoms with Crippen LogP contribution in [0.2, 0.25) is 0 Å². The molecule has 5 nitrogen and oxygen atoms in total. The Balaban J connectivity index is 1.21. The Hall–Kier alpha value is -3.07. The van der Waals surface area contributed by atoms with Crippen LogP contribution in [-0.4, -0.2) is 27.6 Å². The molecule has 4 aromatic rings. The summed E-state index contributed by atoms with van der Waals surface area (Å²) in [7, 11) is 0. The zero-order valence-corrected chi connectivity index (χ0v) is 17.8.